The average molecular weight is 394 g/mol. The first-order valence-electron chi connectivity index (χ1n) is 7.20. The van der Waals surface area contributed by atoms with E-state index in [1.165, 1.54) is 24.3 Å². The Morgan fingerprint density at radius 2 is 2.12 bits per heavy atom. The van der Waals surface area contributed by atoms with Gasteiger partial charge in [-0.25, -0.2) is 0 Å². The number of carbonyl (C=O) groups is 1. The summed E-state index contributed by atoms with van der Waals surface area (Å²) in [6.07, 6.45) is -0.735. The summed E-state index contributed by atoms with van der Waals surface area (Å²) >= 11 is -0.654. The van der Waals surface area contributed by atoms with E-state index in [4.69, 9.17) is 4.74 Å². The van der Waals surface area contributed by atoms with Crippen molar-refractivity contribution in [2.45, 2.75) is 12.1 Å². The number of anilines is 1. The fraction of sp³-hybridized carbons (Fsp3) is 0.188. The summed E-state index contributed by atoms with van der Waals surface area (Å²) in [5.74, 6) is -0.281. The normalized spacial score (nSPS) is 10.8. The number of hydrogen-bond donors (Lipinski definition) is 1. The van der Waals surface area contributed by atoms with Gasteiger partial charge in [-0.3, -0.25) is 0 Å². The Kier molecular flexibility index (Phi) is 6.32. The van der Waals surface area contributed by atoms with Crippen molar-refractivity contribution in [2.24, 2.45) is 0 Å². The predicted molar refractivity (Wildman–Crippen MR) is 90.6 cm³/mol. The zero-order valence-corrected chi connectivity index (χ0v) is 15.0. The Morgan fingerprint density at radius 1 is 1.33 bits per heavy atom. The van der Waals surface area contributed by atoms with Crippen LogP contribution in [0.4, 0.5) is 20.6 Å². The Bertz CT molecular complexity index is 755. The van der Waals surface area contributed by atoms with E-state index in [0.29, 0.717) is 5.21 Å². The molecule has 0 aliphatic rings. The number of ether oxygens (including phenoxy) is 1. The number of nitrogens with one attached hydrogen (secondary N) is 1. The number of rotatable bonds is 6. The zero-order valence-electron chi connectivity index (χ0n) is 12.9. The molecule has 1 N–H and O–H groups in total. The molecule has 1 amide bonds. The number of nitrogens with zero attached hydrogens (tertiary/aromatic N) is 1. The summed E-state index contributed by atoms with van der Waals surface area (Å²) in [6, 6.07) is 11.0. The van der Waals surface area contributed by atoms with E-state index >= 15 is 0 Å². The summed E-state index contributed by atoms with van der Waals surface area (Å²) in [4.78, 5) is 22.1. The van der Waals surface area contributed by atoms with Crippen molar-refractivity contribution in [3.63, 3.8) is 0 Å². The van der Waals surface area contributed by atoms with E-state index in [2.05, 4.69) is 5.32 Å². The van der Waals surface area contributed by atoms with Crippen molar-refractivity contribution in [3.05, 3.63) is 64.0 Å². The molecule has 24 heavy (non-hydrogen) atoms. The fourth-order valence-corrected chi connectivity index (χ4v) is 4.29. The zero-order chi connectivity index (χ0) is 17.5. The van der Waals surface area contributed by atoms with Crippen LogP contribution >= 0.6 is 0 Å². The van der Waals surface area contributed by atoms with Crippen LogP contribution in [0.5, 0.6) is 0 Å². The van der Waals surface area contributed by atoms with Gasteiger partial charge >= 0.3 is 144 Å². The number of nitro benzene ring substituents is 1. The van der Waals surface area contributed by atoms with E-state index in [1.807, 2.05) is 6.07 Å². The molecule has 8 heteroatoms. The SMILES string of the molecule is CCOC(=O)Nc1ccc(C[AsH]c2cccc(F)c2)cc1[N+](=O)[O-]. The molecule has 0 saturated heterocycles. The third-order valence-corrected chi connectivity index (χ3v) is 5.83. The monoisotopic (exact) mass is 394 g/mol. The van der Waals surface area contributed by atoms with Gasteiger partial charge < -0.3 is 0 Å². The molecule has 0 aromatic heterocycles. The van der Waals surface area contributed by atoms with E-state index in [1.54, 1.807) is 19.1 Å². The van der Waals surface area contributed by atoms with Crippen molar-refractivity contribution in [3.8, 4) is 0 Å². The van der Waals surface area contributed by atoms with Crippen molar-refractivity contribution < 1.29 is 18.8 Å². The van der Waals surface area contributed by atoms with Crippen molar-refractivity contribution >= 4 is 37.6 Å². The minimum atomic E-state index is -0.735. The number of benzene rings is 2. The van der Waals surface area contributed by atoms with E-state index in [9.17, 15) is 19.3 Å². The third-order valence-electron chi connectivity index (χ3n) is 3.09. The van der Waals surface area contributed by atoms with Crippen LogP contribution in [0.3, 0.4) is 0 Å². The molecule has 6 nitrogen and oxygen atoms in total. The first-order chi connectivity index (χ1) is 11.5. The van der Waals surface area contributed by atoms with Gasteiger partial charge in [-0.1, -0.05) is 0 Å². The molecule has 0 fully saturated rings. The van der Waals surface area contributed by atoms with Crippen LogP contribution in [-0.2, 0) is 9.95 Å². The van der Waals surface area contributed by atoms with Crippen LogP contribution in [0.25, 0.3) is 0 Å². The van der Waals surface area contributed by atoms with Crippen LogP contribution in [-0.4, -0.2) is 33.4 Å². The second-order valence-electron chi connectivity index (χ2n) is 4.82. The van der Waals surface area contributed by atoms with Crippen molar-refractivity contribution in [2.75, 3.05) is 11.9 Å². The molecule has 2 aromatic carbocycles. The number of carbonyl (C=O) groups excluding carboxylic acids is 1. The van der Waals surface area contributed by atoms with Crippen molar-refractivity contribution in [1.29, 1.82) is 0 Å². The molecule has 126 valence electrons. The molecule has 0 aliphatic carbocycles. The summed E-state index contributed by atoms with van der Waals surface area (Å²) in [7, 11) is 0. The molecule has 2 rings (SSSR count). The Morgan fingerprint density at radius 3 is 2.79 bits per heavy atom. The number of amides is 1. The Balaban J connectivity index is 2.13. The topological polar surface area (TPSA) is 81.5 Å². The second kappa shape index (κ2) is 8.45. The van der Waals surface area contributed by atoms with Crippen LogP contribution in [0.1, 0.15) is 12.5 Å². The Labute approximate surface area is 144 Å². The first kappa shape index (κ1) is 17.9. The van der Waals surface area contributed by atoms with E-state index in [-0.39, 0.29) is 23.8 Å². The molecule has 0 radical (unpaired) electrons. The van der Waals surface area contributed by atoms with Gasteiger partial charge in [0.05, 0.1) is 0 Å². The van der Waals surface area contributed by atoms with Crippen LogP contribution < -0.4 is 9.67 Å². The van der Waals surface area contributed by atoms with Gasteiger partial charge in [-0.2, -0.15) is 0 Å². The van der Waals surface area contributed by atoms with Gasteiger partial charge in [0.1, 0.15) is 0 Å². The molecule has 1 atom stereocenters. The summed E-state index contributed by atoms with van der Waals surface area (Å²) < 4.78 is 18.8. The molecule has 0 spiro atoms. The van der Waals surface area contributed by atoms with Crippen LogP contribution in [0.2, 0.25) is 0 Å². The number of nitro groups is 1. The molecule has 0 bridgehead atoms. The maximum absolute atomic E-state index is 13.2. The maximum atomic E-state index is 13.2. The quantitative estimate of drug-likeness (QED) is 0.464. The van der Waals surface area contributed by atoms with Gasteiger partial charge in [-0.15, -0.1) is 0 Å². The summed E-state index contributed by atoms with van der Waals surface area (Å²) in [6.45, 7) is 1.82. The molecular formula is C16H16AsFN2O4. The van der Waals surface area contributed by atoms with Gasteiger partial charge in [0, 0.05) is 0 Å². The molecule has 0 saturated carbocycles. The Hall–Kier alpha value is -2.40. The second-order valence-corrected chi connectivity index (χ2v) is 7.51. The van der Waals surface area contributed by atoms with Gasteiger partial charge in [0.25, 0.3) is 0 Å². The van der Waals surface area contributed by atoms with Gasteiger partial charge in [-0.05, 0) is 0 Å². The van der Waals surface area contributed by atoms with Crippen LogP contribution in [0.15, 0.2) is 42.5 Å². The predicted octanol–water partition coefficient (Wildman–Crippen LogP) is 2.56. The first-order valence-corrected chi connectivity index (χ1v) is 9.73. The molecule has 0 aliphatic heterocycles. The third kappa shape index (κ3) is 5.06. The average Bonchev–Trinajstić information content (AvgIpc) is 2.54. The van der Waals surface area contributed by atoms with E-state index < -0.39 is 26.8 Å². The molecule has 1 unspecified atom stereocenters. The van der Waals surface area contributed by atoms with Gasteiger partial charge in [0.2, 0.25) is 0 Å². The van der Waals surface area contributed by atoms with Gasteiger partial charge in [0.15, 0.2) is 0 Å². The van der Waals surface area contributed by atoms with E-state index in [0.717, 1.165) is 9.91 Å². The standard InChI is InChI=1S/C16H16AsFN2O4/c1-2-24-16(21)19-14-7-6-11(8-15(14)20(22)23)10-17-12-4-3-5-13(18)9-12/h3-9,17H,2,10H2,1H3,(H,19,21). The van der Waals surface area contributed by atoms with Crippen LogP contribution in [0, 0.1) is 15.9 Å². The molecule has 2 aromatic rings. The minimum absolute atomic E-state index is 0.0907. The molecule has 0 heterocycles. The fourth-order valence-electron chi connectivity index (χ4n) is 2.02. The number of halogens is 1. The number of hydrogen-bond acceptors (Lipinski definition) is 4. The summed E-state index contributed by atoms with van der Waals surface area (Å²) in [5.41, 5.74) is 0.680. The summed E-state index contributed by atoms with van der Waals surface area (Å²) in [5, 5.41) is 14.2. The van der Waals surface area contributed by atoms with Crippen molar-refractivity contribution in [1.82, 2.24) is 0 Å². The molecular weight excluding hydrogens is 378 g/mol.